The lowest BCUT2D eigenvalue weighted by molar-refractivity contribution is -0.132. The molecule has 3 heterocycles. The van der Waals surface area contributed by atoms with Crippen LogP contribution < -0.4 is 5.32 Å². The second kappa shape index (κ2) is 13.6. The maximum Gasteiger partial charge on any atom is 0.251 e. The third kappa shape index (κ3) is 7.33. The highest BCUT2D eigenvalue weighted by atomic mass is 32.1. The molecule has 1 aromatic heterocycles. The Morgan fingerprint density at radius 2 is 1.68 bits per heavy atom. The molecule has 2 aromatic rings. The van der Waals surface area contributed by atoms with E-state index >= 15 is 0 Å². The summed E-state index contributed by atoms with van der Waals surface area (Å²) in [5.41, 5.74) is 3.04. The first kappa shape index (κ1) is 29.2. The number of carbonyl (C=O) groups is 2. The molecule has 5 rings (SSSR count). The molecular formula is C33H48N4O2S. The molecule has 1 saturated carbocycles. The van der Waals surface area contributed by atoms with Crippen LogP contribution in [0.15, 0.2) is 29.6 Å². The van der Waals surface area contributed by atoms with Crippen LogP contribution in [-0.4, -0.2) is 64.9 Å². The summed E-state index contributed by atoms with van der Waals surface area (Å²) >= 11 is 1.67. The van der Waals surface area contributed by atoms with E-state index in [4.69, 9.17) is 0 Å². The Kier molecular flexibility index (Phi) is 9.95. The number of aromatic nitrogens is 1. The molecule has 40 heavy (non-hydrogen) atoms. The smallest absolute Gasteiger partial charge is 0.251 e. The highest BCUT2D eigenvalue weighted by Gasteiger charge is 2.32. The predicted molar refractivity (Wildman–Crippen MR) is 163 cm³/mol. The van der Waals surface area contributed by atoms with E-state index in [2.05, 4.69) is 58.4 Å². The fraction of sp³-hybridized carbons (Fsp3) is 0.667. The van der Waals surface area contributed by atoms with Gasteiger partial charge in [-0.15, -0.1) is 11.3 Å². The van der Waals surface area contributed by atoms with Gasteiger partial charge in [0, 0.05) is 48.6 Å². The molecule has 6 nitrogen and oxygen atoms in total. The zero-order valence-corrected chi connectivity index (χ0v) is 25.6. The minimum atomic E-state index is 0.0756. The fourth-order valence-electron chi connectivity index (χ4n) is 6.92. The van der Waals surface area contributed by atoms with Crippen LogP contribution in [0.3, 0.4) is 0 Å². The van der Waals surface area contributed by atoms with E-state index in [1.165, 1.54) is 44.2 Å². The number of amides is 2. The van der Waals surface area contributed by atoms with Gasteiger partial charge in [0.1, 0.15) is 0 Å². The van der Waals surface area contributed by atoms with Crippen LogP contribution in [0.5, 0.6) is 0 Å². The molecule has 3 fully saturated rings. The number of nitrogens with one attached hydrogen (secondary N) is 1. The van der Waals surface area contributed by atoms with Gasteiger partial charge >= 0.3 is 0 Å². The number of nitrogens with zero attached hydrogens (tertiary/aromatic N) is 3. The summed E-state index contributed by atoms with van der Waals surface area (Å²) in [6.07, 6.45) is 11.0. The molecule has 0 spiro atoms. The molecule has 1 N–H and O–H groups in total. The van der Waals surface area contributed by atoms with E-state index in [9.17, 15) is 9.59 Å². The van der Waals surface area contributed by atoms with Crippen molar-refractivity contribution in [3.05, 3.63) is 51.5 Å². The van der Waals surface area contributed by atoms with Gasteiger partial charge in [-0.1, -0.05) is 52.2 Å². The number of hydrogen-bond acceptors (Lipinski definition) is 5. The van der Waals surface area contributed by atoms with Crippen molar-refractivity contribution in [2.24, 2.45) is 5.92 Å². The number of rotatable bonds is 8. The molecule has 0 unspecified atom stereocenters. The zero-order chi connectivity index (χ0) is 28.1. The Bertz CT molecular complexity index is 1120. The van der Waals surface area contributed by atoms with Crippen LogP contribution in [0, 0.1) is 5.92 Å². The Labute approximate surface area is 244 Å². The molecule has 0 bridgehead atoms. The molecule has 3 aliphatic rings. The largest absolute Gasteiger partial charge is 0.349 e. The first-order valence-electron chi connectivity index (χ1n) is 15.7. The van der Waals surface area contributed by atoms with Gasteiger partial charge in [-0.3, -0.25) is 14.5 Å². The normalized spacial score (nSPS) is 22.4. The molecular weight excluding hydrogens is 516 g/mol. The van der Waals surface area contributed by atoms with Crippen LogP contribution in [0.2, 0.25) is 0 Å². The molecule has 2 amide bonds. The second-order valence-corrected chi connectivity index (χ2v) is 13.6. The van der Waals surface area contributed by atoms with E-state index < -0.39 is 0 Å². The lowest BCUT2D eigenvalue weighted by Crippen LogP contribution is -2.50. The number of thiazole rings is 1. The molecule has 2 saturated heterocycles. The lowest BCUT2D eigenvalue weighted by atomic mass is 9.81. The van der Waals surface area contributed by atoms with E-state index in [1.54, 1.807) is 11.3 Å². The van der Waals surface area contributed by atoms with Gasteiger partial charge in [-0.05, 0) is 74.6 Å². The molecule has 7 heteroatoms. The summed E-state index contributed by atoms with van der Waals surface area (Å²) < 4.78 is 0. The predicted octanol–water partition coefficient (Wildman–Crippen LogP) is 6.38. The molecule has 1 aliphatic carbocycles. The quantitative estimate of drug-likeness (QED) is 0.404. The summed E-state index contributed by atoms with van der Waals surface area (Å²) in [7, 11) is 0. The van der Waals surface area contributed by atoms with Crippen LogP contribution in [0.4, 0.5) is 0 Å². The third-order valence-electron chi connectivity index (χ3n) is 9.56. The van der Waals surface area contributed by atoms with E-state index in [0.717, 1.165) is 61.6 Å². The van der Waals surface area contributed by atoms with E-state index in [0.29, 0.717) is 36.3 Å². The van der Waals surface area contributed by atoms with Crippen molar-refractivity contribution in [2.75, 3.05) is 26.2 Å². The summed E-state index contributed by atoms with van der Waals surface area (Å²) in [5, 5.41) is 6.41. The van der Waals surface area contributed by atoms with Gasteiger partial charge in [-0.2, -0.15) is 0 Å². The van der Waals surface area contributed by atoms with E-state index in [-0.39, 0.29) is 11.8 Å². The topological polar surface area (TPSA) is 65.5 Å². The Hall–Kier alpha value is -2.25. The van der Waals surface area contributed by atoms with Crippen molar-refractivity contribution in [1.82, 2.24) is 20.1 Å². The Morgan fingerprint density at radius 1 is 0.950 bits per heavy atom. The van der Waals surface area contributed by atoms with Gasteiger partial charge in [0.25, 0.3) is 5.91 Å². The van der Waals surface area contributed by atoms with Crippen molar-refractivity contribution in [3.8, 4) is 0 Å². The number of likely N-dealkylation sites (tertiary alicyclic amines) is 2. The standard InChI is InChI=1S/C33H48N4O2S/c1-23(2)33-35-29(22-40-33)20-31(38)36-18-15-30(16-19-36)37-17-7-8-27(21-37)24(3)25-11-13-26(14-12-25)32(39)34-28-9-5-4-6-10-28/h11-14,22-24,27-28,30H,4-10,15-21H2,1-3H3,(H,34,39)/t24-,27-/m1/s1. The fourth-order valence-corrected chi connectivity index (χ4v) is 7.76. The molecule has 0 radical (unpaired) electrons. The van der Waals surface area contributed by atoms with Crippen molar-refractivity contribution < 1.29 is 9.59 Å². The van der Waals surface area contributed by atoms with Crippen LogP contribution >= 0.6 is 11.3 Å². The maximum absolute atomic E-state index is 12.9. The first-order valence-corrected chi connectivity index (χ1v) is 16.6. The highest BCUT2D eigenvalue weighted by Crippen LogP contribution is 2.34. The van der Waals surface area contributed by atoms with Gasteiger partial charge in [0.05, 0.1) is 17.1 Å². The van der Waals surface area contributed by atoms with Crippen molar-refractivity contribution in [2.45, 2.75) is 109 Å². The minimum Gasteiger partial charge on any atom is -0.349 e. The van der Waals surface area contributed by atoms with Gasteiger partial charge in [0.2, 0.25) is 5.91 Å². The van der Waals surface area contributed by atoms with Gasteiger partial charge < -0.3 is 10.2 Å². The molecule has 1 aromatic carbocycles. The zero-order valence-electron chi connectivity index (χ0n) is 24.7. The monoisotopic (exact) mass is 564 g/mol. The first-order chi connectivity index (χ1) is 19.4. The number of hydrogen-bond donors (Lipinski definition) is 1. The van der Waals surface area contributed by atoms with Crippen LogP contribution in [-0.2, 0) is 11.2 Å². The summed E-state index contributed by atoms with van der Waals surface area (Å²) in [4.78, 5) is 35.1. The molecule has 2 aliphatic heterocycles. The Morgan fingerprint density at radius 3 is 2.35 bits per heavy atom. The summed E-state index contributed by atoms with van der Waals surface area (Å²) in [5.74, 6) is 1.80. The number of benzene rings is 1. The SMILES string of the molecule is CC(C)c1nc(CC(=O)N2CCC(N3CCC[C@@H]([C@H](C)c4ccc(C(=O)NC5CCCCC5)cc4)C3)CC2)cs1. The molecule has 2 atom stereocenters. The minimum absolute atomic E-state index is 0.0756. The maximum atomic E-state index is 12.9. The summed E-state index contributed by atoms with van der Waals surface area (Å²) in [6.45, 7) is 10.7. The highest BCUT2D eigenvalue weighted by molar-refractivity contribution is 7.09. The van der Waals surface area contributed by atoms with Gasteiger partial charge in [0.15, 0.2) is 0 Å². The molecule has 218 valence electrons. The average Bonchev–Trinajstić information content (AvgIpc) is 3.46. The van der Waals surface area contributed by atoms with E-state index in [1.807, 2.05) is 12.1 Å². The third-order valence-corrected chi connectivity index (χ3v) is 10.8. The van der Waals surface area contributed by atoms with Crippen molar-refractivity contribution in [3.63, 3.8) is 0 Å². The Balaban J connectivity index is 1.09. The second-order valence-electron chi connectivity index (χ2n) is 12.7. The van der Waals surface area contributed by atoms with Crippen LogP contribution in [0.25, 0.3) is 0 Å². The van der Waals surface area contributed by atoms with Crippen LogP contribution in [0.1, 0.15) is 117 Å². The number of carbonyl (C=O) groups excluding carboxylic acids is 2. The number of piperidine rings is 2. The van der Waals surface area contributed by atoms with Gasteiger partial charge in [-0.25, -0.2) is 4.98 Å². The summed E-state index contributed by atoms with van der Waals surface area (Å²) in [6, 6.07) is 9.30. The average molecular weight is 565 g/mol. The lowest BCUT2D eigenvalue weighted by Gasteiger charge is -2.43. The van der Waals surface area contributed by atoms with Crippen molar-refractivity contribution in [1.29, 1.82) is 0 Å². The van der Waals surface area contributed by atoms with Crippen molar-refractivity contribution >= 4 is 23.2 Å².